The molecule has 3 rings (SSSR count). The molecule has 0 aliphatic heterocycles. The quantitative estimate of drug-likeness (QED) is 0.428. The van der Waals surface area contributed by atoms with Gasteiger partial charge in [-0.3, -0.25) is 0 Å². The minimum Gasteiger partial charge on any atom is -0.485 e. The van der Waals surface area contributed by atoms with E-state index in [1.807, 2.05) is 0 Å². The minimum atomic E-state index is -4.82. The molecule has 0 saturated heterocycles. The summed E-state index contributed by atoms with van der Waals surface area (Å²) in [7, 11) is 0. The van der Waals surface area contributed by atoms with Crippen LogP contribution in [0.5, 0.6) is 11.5 Å². The largest absolute Gasteiger partial charge is 0.573 e. The molecule has 0 bridgehead atoms. The van der Waals surface area contributed by atoms with Gasteiger partial charge in [0.25, 0.3) is 5.89 Å². The summed E-state index contributed by atoms with van der Waals surface area (Å²) in [6.07, 6.45) is -4.82. The molecule has 7 nitrogen and oxygen atoms in total. The molecule has 2 aromatic carbocycles. The lowest BCUT2D eigenvalue weighted by Crippen LogP contribution is -2.17. The Bertz CT molecular complexity index is 956. The molecule has 0 radical (unpaired) electrons. The van der Waals surface area contributed by atoms with E-state index in [9.17, 15) is 22.4 Å². The standard InChI is InChI=1S/C18H12F4N2O5/c19-12-3-7-13(8-4-12)26-9-15-23-16(29-24-15)10-27-17(25)11-1-5-14(6-2-11)28-18(20,21)22/h1-8H,9-10H2. The first-order valence-corrected chi connectivity index (χ1v) is 8.01. The van der Waals surface area contributed by atoms with Crippen LogP contribution < -0.4 is 9.47 Å². The number of benzene rings is 2. The number of carbonyl (C=O) groups excluding carboxylic acids is 1. The van der Waals surface area contributed by atoms with Crippen LogP contribution in [0.3, 0.4) is 0 Å². The molecule has 0 saturated carbocycles. The minimum absolute atomic E-state index is 0.00641. The van der Waals surface area contributed by atoms with E-state index < -0.39 is 23.9 Å². The number of nitrogens with zero attached hydrogens (tertiary/aromatic N) is 2. The molecule has 0 spiro atoms. The number of hydrogen-bond donors (Lipinski definition) is 0. The first-order valence-electron chi connectivity index (χ1n) is 8.01. The summed E-state index contributed by atoms with van der Waals surface area (Å²) < 4.78 is 68.1. The van der Waals surface area contributed by atoms with Crippen LogP contribution in [0.25, 0.3) is 0 Å². The maximum atomic E-state index is 12.8. The van der Waals surface area contributed by atoms with Crippen LogP contribution in [0.1, 0.15) is 22.1 Å². The summed E-state index contributed by atoms with van der Waals surface area (Å²) in [6.45, 7) is -0.396. The van der Waals surface area contributed by atoms with Gasteiger partial charge >= 0.3 is 12.3 Å². The molecule has 0 fully saturated rings. The number of rotatable bonds is 7. The van der Waals surface area contributed by atoms with Gasteiger partial charge < -0.3 is 18.7 Å². The first kappa shape index (κ1) is 20.1. The molecule has 0 unspecified atom stereocenters. The van der Waals surface area contributed by atoms with Crippen LogP contribution in [0.2, 0.25) is 0 Å². The Balaban J connectivity index is 1.48. The van der Waals surface area contributed by atoms with Crippen LogP contribution >= 0.6 is 0 Å². The van der Waals surface area contributed by atoms with Crippen molar-refractivity contribution >= 4 is 5.97 Å². The van der Waals surface area contributed by atoms with E-state index in [4.69, 9.17) is 14.0 Å². The third kappa shape index (κ3) is 6.19. The molecule has 0 aliphatic rings. The number of alkyl halides is 3. The molecule has 0 N–H and O–H groups in total. The lowest BCUT2D eigenvalue weighted by Gasteiger charge is -2.08. The average molecular weight is 412 g/mol. The summed E-state index contributed by atoms with van der Waals surface area (Å²) in [5, 5.41) is 3.65. The van der Waals surface area contributed by atoms with Crippen molar-refractivity contribution < 1.29 is 41.1 Å². The Kier molecular flexibility index (Phi) is 5.96. The molecule has 11 heteroatoms. The van der Waals surface area contributed by atoms with Gasteiger partial charge in [0, 0.05) is 0 Å². The molecule has 0 amide bonds. The maximum absolute atomic E-state index is 12.8. The highest BCUT2D eigenvalue weighted by Gasteiger charge is 2.31. The Morgan fingerprint density at radius 3 is 2.28 bits per heavy atom. The van der Waals surface area contributed by atoms with Gasteiger partial charge in [-0.1, -0.05) is 5.16 Å². The number of carbonyl (C=O) groups is 1. The second kappa shape index (κ2) is 8.59. The van der Waals surface area contributed by atoms with Gasteiger partial charge in [0.2, 0.25) is 5.82 Å². The molecule has 3 aromatic rings. The van der Waals surface area contributed by atoms with E-state index in [2.05, 4.69) is 14.9 Å². The zero-order chi connectivity index (χ0) is 20.9. The van der Waals surface area contributed by atoms with Crippen LogP contribution in [-0.2, 0) is 18.0 Å². The van der Waals surface area contributed by atoms with Crippen molar-refractivity contribution in [2.75, 3.05) is 0 Å². The van der Waals surface area contributed by atoms with Crippen molar-refractivity contribution in [2.45, 2.75) is 19.6 Å². The summed E-state index contributed by atoms with van der Waals surface area (Å²) in [5.74, 6) is -1.09. The molecule has 1 aromatic heterocycles. The molecule has 29 heavy (non-hydrogen) atoms. The summed E-state index contributed by atoms with van der Waals surface area (Å²) >= 11 is 0. The van der Waals surface area contributed by atoms with E-state index in [-0.39, 0.29) is 30.5 Å². The third-order valence-corrected chi connectivity index (χ3v) is 3.34. The van der Waals surface area contributed by atoms with Crippen molar-refractivity contribution in [3.8, 4) is 11.5 Å². The molecule has 0 atom stereocenters. The zero-order valence-electron chi connectivity index (χ0n) is 14.5. The zero-order valence-corrected chi connectivity index (χ0v) is 14.5. The first-order chi connectivity index (χ1) is 13.8. The van der Waals surface area contributed by atoms with Gasteiger partial charge in [-0.05, 0) is 48.5 Å². The highest BCUT2D eigenvalue weighted by Crippen LogP contribution is 2.23. The van der Waals surface area contributed by atoms with Crippen LogP contribution in [0, 0.1) is 5.82 Å². The topological polar surface area (TPSA) is 83.7 Å². The second-order valence-corrected chi connectivity index (χ2v) is 5.50. The van der Waals surface area contributed by atoms with Crippen LogP contribution in [0.4, 0.5) is 17.6 Å². The Morgan fingerprint density at radius 2 is 1.62 bits per heavy atom. The van der Waals surface area contributed by atoms with Gasteiger partial charge in [-0.25, -0.2) is 9.18 Å². The number of aromatic nitrogens is 2. The number of esters is 1. The highest BCUT2D eigenvalue weighted by atomic mass is 19.4. The van der Waals surface area contributed by atoms with Gasteiger partial charge in [0.05, 0.1) is 5.56 Å². The number of hydrogen-bond acceptors (Lipinski definition) is 7. The van der Waals surface area contributed by atoms with Crippen molar-refractivity contribution in [3.63, 3.8) is 0 Å². The van der Waals surface area contributed by atoms with Crippen molar-refractivity contribution in [3.05, 3.63) is 71.6 Å². The highest BCUT2D eigenvalue weighted by molar-refractivity contribution is 5.89. The van der Waals surface area contributed by atoms with Gasteiger partial charge in [-0.15, -0.1) is 13.2 Å². The molecular formula is C18H12F4N2O5. The normalized spacial score (nSPS) is 11.2. The molecule has 152 valence electrons. The van der Waals surface area contributed by atoms with Crippen LogP contribution in [0.15, 0.2) is 53.1 Å². The number of ether oxygens (including phenoxy) is 3. The average Bonchev–Trinajstić information content (AvgIpc) is 3.13. The van der Waals surface area contributed by atoms with Crippen molar-refractivity contribution in [2.24, 2.45) is 0 Å². The predicted octanol–water partition coefficient (Wildman–Crippen LogP) is 4.04. The smallest absolute Gasteiger partial charge is 0.485 e. The molecular weight excluding hydrogens is 400 g/mol. The third-order valence-electron chi connectivity index (χ3n) is 3.34. The fraction of sp³-hybridized carbons (Fsp3) is 0.167. The van der Waals surface area contributed by atoms with Gasteiger partial charge in [0.15, 0.2) is 13.2 Å². The fourth-order valence-corrected chi connectivity index (χ4v) is 2.09. The SMILES string of the molecule is O=C(OCc1nc(COc2ccc(F)cc2)no1)c1ccc(OC(F)(F)F)cc1. The van der Waals surface area contributed by atoms with E-state index in [0.29, 0.717) is 5.75 Å². The maximum Gasteiger partial charge on any atom is 0.573 e. The molecule has 1 heterocycles. The molecule has 0 aliphatic carbocycles. The lowest BCUT2D eigenvalue weighted by molar-refractivity contribution is -0.274. The van der Waals surface area contributed by atoms with Gasteiger partial charge in [0.1, 0.15) is 17.3 Å². The van der Waals surface area contributed by atoms with E-state index in [0.717, 1.165) is 24.3 Å². The Hall–Kier alpha value is -3.63. The Morgan fingerprint density at radius 1 is 0.966 bits per heavy atom. The summed E-state index contributed by atoms with van der Waals surface area (Å²) in [6, 6.07) is 9.56. The second-order valence-electron chi connectivity index (χ2n) is 5.50. The van der Waals surface area contributed by atoms with E-state index in [1.165, 1.54) is 24.3 Å². The van der Waals surface area contributed by atoms with E-state index >= 15 is 0 Å². The summed E-state index contributed by atoms with van der Waals surface area (Å²) in [5.41, 5.74) is 0.0129. The Labute approximate surface area is 160 Å². The van der Waals surface area contributed by atoms with Gasteiger partial charge in [-0.2, -0.15) is 4.98 Å². The van der Waals surface area contributed by atoms with Crippen LogP contribution in [-0.4, -0.2) is 22.5 Å². The monoisotopic (exact) mass is 412 g/mol. The van der Waals surface area contributed by atoms with Crippen molar-refractivity contribution in [1.29, 1.82) is 0 Å². The fourth-order valence-electron chi connectivity index (χ4n) is 2.09. The number of halogens is 4. The van der Waals surface area contributed by atoms with Crippen molar-refractivity contribution in [1.82, 2.24) is 10.1 Å². The summed E-state index contributed by atoms with van der Waals surface area (Å²) in [4.78, 5) is 15.9. The predicted molar refractivity (Wildman–Crippen MR) is 87.3 cm³/mol. The van der Waals surface area contributed by atoms with E-state index in [1.54, 1.807) is 0 Å². The lowest BCUT2D eigenvalue weighted by atomic mass is 10.2.